The van der Waals surface area contributed by atoms with Crippen LogP contribution in [0.2, 0.25) is 10.0 Å². The summed E-state index contributed by atoms with van der Waals surface area (Å²) in [6.07, 6.45) is 1.41. The molecule has 1 aromatic heterocycles. The lowest BCUT2D eigenvalue weighted by molar-refractivity contribution is 0.0954. The molecule has 2 aromatic carbocycles. The van der Waals surface area contributed by atoms with Crippen LogP contribution in [0.3, 0.4) is 0 Å². The monoisotopic (exact) mass is 416 g/mol. The molecule has 0 atom stereocenters. The average Bonchev–Trinajstić information content (AvgIpc) is 3.18. The van der Waals surface area contributed by atoms with Gasteiger partial charge < -0.3 is 13.9 Å². The number of carbonyl (C=O) groups is 1. The maximum Gasteiger partial charge on any atom is 0.271 e. The van der Waals surface area contributed by atoms with Crippen molar-refractivity contribution in [2.75, 3.05) is 13.2 Å². The van der Waals surface area contributed by atoms with Crippen molar-refractivity contribution < 1.29 is 18.7 Å². The fourth-order valence-electron chi connectivity index (χ4n) is 2.63. The molecular formula is C20H14Cl2N2O4. The van der Waals surface area contributed by atoms with Crippen LogP contribution in [0.1, 0.15) is 16.1 Å². The van der Waals surface area contributed by atoms with E-state index < -0.39 is 0 Å². The van der Waals surface area contributed by atoms with Crippen molar-refractivity contribution in [2.24, 2.45) is 5.10 Å². The van der Waals surface area contributed by atoms with Gasteiger partial charge in [-0.05, 0) is 48.5 Å². The Bertz CT molecular complexity index is 1060. The third-order valence-corrected chi connectivity index (χ3v) is 4.73. The van der Waals surface area contributed by atoms with Crippen molar-refractivity contribution in [1.29, 1.82) is 0 Å². The Morgan fingerprint density at radius 3 is 2.61 bits per heavy atom. The zero-order chi connectivity index (χ0) is 19.5. The highest BCUT2D eigenvalue weighted by atomic mass is 35.5. The zero-order valence-corrected chi connectivity index (χ0v) is 16.0. The van der Waals surface area contributed by atoms with Crippen molar-refractivity contribution in [3.8, 4) is 22.8 Å². The van der Waals surface area contributed by atoms with E-state index in [2.05, 4.69) is 10.5 Å². The van der Waals surface area contributed by atoms with E-state index in [1.165, 1.54) is 6.21 Å². The van der Waals surface area contributed by atoms with Crippen LogP contribution in [0.4, 0.5) is 0 Å². The number of nitrogens with one attached hydrogen (secondary N) is 1. The van der Waals surface area contributed by atoms with Gasteiger partial charge in [-0.1, -0.05) is 23.2 Å². The fourth-order valence-corrected chi connectivity index (χ4v) is 2.93. The molecule has 0 saturated carbocycles. The maximum absolute atomic E-state index is 12.2. The Balaban J connectivity index is 1.41. The van der Waals surface area contributed by atoms with Gasteiger partial charge in [0.25, 0.3) is 5.91 Å². The van der Waals surface area contributed by atoms with Crippen LogP contribution in [0.5, 0.6) is 11.5 Å². The molecule has 0 saturated heterocycles. The van der Waals surface area contributed by atoms with E-state index in [1.807, 2.05) is 0 Å². The molecule has 0 spiro atoms. The second-order valence-corrected chi connectivity index (χ2v) is 6.70. The van der Waals surface area contributed by atoms with E-state index in [4.69, 9.17) is 37.1 Å². The maximum atomic E-state index is 12.2. The molecule has 1 N–H and O–H groups in total. The van der Waals surface area contributed by atoms with E-state index in [1.54, 1.807) is 48.5 Å². The SMILES string of the molecule is O=C(N/N=C/c1ccc(-c2ccc(Cl)c(Cl)c2)o1)c1ccc2c(c1)OCCO2. The van der Waals surface area contributed by atoms with Gasteiger partial charge in [-0.25, -0.2) is 5.43 Å². The summed E-state index contributed by atoms with van der Waals surface area (Å²) in [4.78, 5) is 12.2. The number of carbonyl (C=O) groups excluding carboxylic acids is 1. The number of furan rings is 1. The number of fused-ring (bicyclic) bond motifs is 1. The highest BCUT2D eigenvalue weighted by molar-refractivity contribution is 6.42. The zero-order valence-electron chi connectivity index (χ0n) is 14.4. The molecule has 142 valence electrons. The molecule has 3 aromatic rings. The van der Waals surface area contributed by atoms with Crippen molar-refractivity contribution >= 4 is 35.3 Å². The average molecular weight is 417 g/mol. The summed E-state index contributed by atoms with van der Waals surface area (Å²) in [7, 11) is 0. The van der Waals surface area contributed by atoms with Crippen LogP contribution in [0.15, 0.2) is 58.0 Å². The molecule has 6 nitrogen and oxygen atoms in total. The number of hydrazone groups is 1. The summed E-state index contributed by atoms with van der Waals surface area (Å²) in [6, 6.07) is 13.7. The summed E-state index contributed by atoms with van der Waals surface area (Å²) in [6.45, 7) is 0.950. The highest BCUT2D eigenvalue weighted by Gasteiger charge is 2.14. The molecule has 2 heterocycles. The molecule has 1 amide bonds. The second kappa shape index (κ2) is 7.96. The van der Waals surface area contributed by atoms with Crippen LogP contribution < -0.4 is 14.9 Å². The number of nitrogens with zero attached hydrogens (tertiary/aromatic N) is 1. The van der Waals surface area contributed by atoms with Gasteiger partial charge in [-0.3, -0.25) is 4.79 Å². The van der Waals surface area contributed by atoms with E-state index in [0.717, 1.165) is 5.56 Å². The topological polar surface area (TPSA) is 73.1 Å². The van der Waals surface area contributed by atoms with Gasteiger partial charge >= 0.3 is 0 Å². The number of benzene rings is 2. The Hall–Kier alpha value is -2.96. The minimum Gasteiger partial charge on any atom is -0.486 e. The molecule has 1 aliphatic rings. The van der Waals surface area contributed by atoms with Crippen LogP contribution in [0.25, 0.3) is 11.3 Å². The lowest BCUT2D eigenvalue weighted by Gasteiger charge is -2.18. The molecule has 1 aliphatic heterocycles. The molecule has 0 fully saturated rings. The van der Waals surface area contributed by atoms with Crippen molar-refractivity contribution in [2.45, 2.75) is 0 Å². The van der Waals surface area contributed by atoms with Crippen molar-refractivity contribution in [3.63, 3.8) is 0 Å². The largest absolute Gasteiger partial charge is 0.486 e. The van der Waals surface area contributed by atoms with Gasteiger partial charge in [-0.15, -0.1) is 0 Å². The molecule has 28 heavy (non-hydrogen) atoms. The normalized spacial score (nSPS) is 12.9. The number of amides is 1. The predicted molar refractivity (Wildman–Crippen MR) is 107 cm³/mol. The first-order valence-corrected chi connectivity index (χ1v) is 9.14. The molecular weight excluding hydrogens is 403 g/mol. The van der Waals surface area contributed by atoms with E-state index in [0.29, 0.717) is 51.8 Å². The van der Waals surface area contributed by atoms with Gasteiger partial charge in [0.1, 0.15) is 24.7 Å². The van der Waals surface area contributed by atoms with Gasteiger partial charge in [0, 0.05) is 11.1 Å². The van der Waals surface area contributed by atoms with Gasteiger partial charge in [0.15, 0.2) is 11.5 Å². The molecule has 0 unspecified atom stereocenters. The van der Waals surface area contributed by atoms with Crippen LogP contribution in [0, 0.1) is 0 Å². The van der Waals surface area contributed by atoms with Gasteiger partial charge in [-0.2, -0.15) is 5.10 Å². The Morgan fingerprint density at radius 1 is 0.964 bits per heavy atom. The number of hydrogen-bond acceptors (Lipinski definition) is 5. The van der Waals surface area contributed by atoms with E-state index in [-0.39, 0.29) is 5.91 Å². The minimum atomic E-state index is -0.371. The first kappa shape index (κ1) is 18.4. The Kier molecular flexibility index (Phi) is 5.23. The second-order valence-electron chi connectivity index (χ2n) is 5.89. The lowest BCUT2D eigenvalue weighted by Crippen LogP contribution is -2.19. The minimum absolute atomic E-state index is 0.371. The third-order valence-electron chi connectivity index (χ3n) is 3.99. The van der Waals surface area contributed by atoms with E-state index in [9.17, 15) is 4.79 Å². The van der Waals surface area contributed by atoms with Gasteiger partial charge in [0.2, 0.25) is 0 Å². The molecule has 0 radical (unpaired) electrons. The Morgan fingerprint density at radius 2 is 1.79 bits per heavy atom. The number of ether oxygens (including phenoxy) is 2. The summed E-state index contributed by atoms with van der Waals surface area (Å²) >= 11 is 11.9. The lowest BCUT2D eigenvalue weighted by atomic mass is 10.2. The molecule has 0 aliphatic carbocycles. The predicted octanol–water partition coefficient (Wildman–Crippen LogP) is 4.79. The highest BCUT2D eigenvalue weighted by Crippen LogP contribution is 2.31. The smallest absolute Gasteiger partial charge is 0.271 e. The molecule has 4 rings (SSSR count). The quantitative estimate of drug-likeness (QED) is 0.490. The first-order valence-electron chi connectivity index (χ1n) is 8.38. The van der Waals surface area contributed by atoms with Crippen LogP contribution in [-0.4, -0.2) is 25.3 Å². The van der Waals surface area contributed by atoms with Gasteiger partial charge in [0.05, 0.1) is 16.3 Å². The summed E-state index contributed by atoms with van der Waals surface area (Å²) < 4.78 is 16.6. The van der Waals surface area contributed by atoms with Crippen molar-refractivity contribution in [1.82, 2.24) is 5.43 Å². The standard InChI is InChI=1S/C20H14Cl2N2O4/c21-15-4-1-12(9-16(15)22)17-6-3-14(28-17)11-23-24-20(25)13-2-5-18-19(10-13)27-8-7-26-18/h1-6,9-11H,7-8H2,(H,24,25)/b23-11+. The molecule has 0 bridgehead atoms. The number of hydrogen-bond donors (Lipinski definition) is 1. The van der Waals surface area contributed by atoms with Crippen LogP contribution in [-0.2, 0) is 0 Å². The number of rotatable bonds is 4. The first-order chi connectivity index (χ1) is 13.6. The molecule has 8 heteroatoms. The number of halogens is 2. The Labute approximate surface area is 170 Å². The van der Waals surface area contributed by atoms with Crippen LogP contribution >= 0.6 is 23.2 Å². The van der Waals surface area contributed by atoms with Crippen molar-refractivity contribution in [3.05, 3.63) is 69.9 Å². The third kappa shape index (κ3) is 3.98. The summed E-state index contributed by atoms with van der Waals surface area (Å²) in [5.41, 5.74) is 3.66. The summed E-state index contributed by atoms with van der Waals surface area (Å²) in [5, 5.41) is 4.85. The summed E-state index contributed by atoms with van der Waals surface area (Å²) in [5.74, 6) is 1.88. The fraction of sp³-hybridized carbons (Fsp3) is 0.100. The van der Waals surface area contributed by atoms with E-state index >= 15 is 0 Å².